The summed E-state index contributed by atoms with van der Waals surface area (Å²) in [5.74, 6) is 0.291. The van der Waals surface area contributed by atoms with Gasteiger partial charge in [-0.15, -0.1) is 0 Å². The summed E-state index contributed by atoms with van der Waals surface area (Å²) in [4.78, 5) is 2.53. The molecule has 2 heterocycles. The third-order valence-electron chi connectivity index (χ3n) is 19.3. The molecule has 0 saturated carbocycles. The Morgan fingerprint density at radius 1 is 0.378 bits per heavy atom. The Kier molecular flexibility index (Phi) is 10.5. The van der Waals surface area contributed by atoms with Gasteiger partial charge in [-0.25, -0.2) is 0 Å². The summed E-state index contributed by atoms with van der Waals surface area (Å²) in [7, 11) is 0. The molecule has 0 atom stereocenters. The monoisotopic (exact) mass is 1060 g/mol. The lowest BCUT2D eigenvalue weighted by Crippen LogP contribution is -2.24. The van der Waals surface area contributed by atoms with Gasteiger partial charge in [0.2, 0.25) is 0 Å². The summed E-state index contributed by atoms with van der Waals surface area (Å²) in [6.45, 7) is 16.8. The van der Waals surface area contributed by atoms with Crippen molar-refractivity contribution in [2.75, 3.05) is 4.90 Å². The van der Waals surface area contributed by atoms with Gasteiger partial charge >= 0.3 is 0 Å². The maximum Gasteiger partial charge on any atom is 0.144 e. The van der Waals surface area contributed by atoms with E-state index >= 15 is 0 Å². The van der Waals surface area contributed by atoms with Crippen LogP contribution in [0.2, 0.25) is 0 Å². The van der Waals surface area contributed by atoms with E-state index < -0.39 is 0 Å². The third-order valence-corrected chi connectivity index (χ3v) is 19.3. The molecule has 3 heteroatoms. The van der Waals surface area contributed by atoms with E-state index in [1.807, 2.05) is 0 Å². The first kappa shape index (κ1) is 48.7. The Bertz CT molecular complexity index is 4720. The van der Waals surface area contributed by atoms with E-state index in [0.29, 0.717) is 5.92 Å². The second kappa shape index (κ2) is 17.7. The van der Waals surface area contributed by atoms with Gasteiger partial charge in [0, 0.05) is 66.0 Å². The van der Waals surface area contributed by atoms with Crippen molar-refractivity contribution >= 4 is 60.9 Å². The second-order valence-corrected chi connectivity index (χ2v) is 25.2. The van der Waals surface area contributed by atoms with Gasteiger partial charge in [0.15, 0.2) is 0 Å². The van der Waals surface area contributed by atoms with Crippen LogP contribution in [-0.4, -0.2) is 0 Å². The average molecular weight is 1060 g/mol. The van der Waals surface area contributed by atoms with Crippen LogP contribution in [0.3, 0.4) is 0 Å². The molecule has 396 valence electrons. The number of para-hydroxylation sites is 2. The molecule has 3 nitrogen and oxygen atoms in total. The number of aryl methyl sites for hydroxylation is 1. The molecule has 0 unspecified atom stereocenters. The SMILES string of the molecule is Cc1ccc(-c2cc3c(c4c2oc2ccccc24)-c2ccc(N(c4ccc(C(Cc5ccccc5)Cc5ccccc5)cc4)c4ccc5c(c4)C(C)(C)c4c6c(c7oc8ccccc8c7c4-5)-c4ccccc4C6(C)C)cc2C3(C)C)cc1. The smallest absolute Gasteiger partial charge is 0.144 e. The van der Waals surface area contributed by atoms with Crippen LogP contribution in [0.1, 0.15) is 103 Å². The molecule has 0 N–H and O–H groups in total. The Morgan fingerprint density at radius 2 is 0.866 bits per heavy atom. The zero-order valence-electron chi connectivity index (χ0n) is 47.6. The number of furan rings is 2. The normalized spacial score (nSPS) is 14.8. The number of fused-ring (bicyclic) bond motifs is 19. The molecule has 0 spiro atoms. The van der Waals surface area contributed by atoms with Crippen molar-refractivity contribution in [3.8, 4) is 44.5 Å². The molecule has 2 aromatic heterocycles. The van der Waals surface area contributed by atoms with Crippen LogP contribution < -0.4 is 4.90 Å². The van der Waals surface area contributed by atoms with Gasteiger partial charge in [-0.1, -0.05) is 217 Å². The van der Waals surface area contributed by atoms with Gasteiger partial charge in [0.1, 0.15) is 22.3 Å². The van der Waals surface area contributed by atoms with Crippen molar-refractivity contribution in [2.24, 2.45) is 0 Å². The minimum absolute atomic E-state index is 0.248. The molecule has 0 saturated heterocycles. The second-order valence-electron chi connectivity index (χ2n) is 25.2. The number of hydrogen-bond acceptors (Lipinski definition) is 3. The maximum atomic E-state index is 7.06. The molecule has 3 aliphatic carbocycles. The first-order valence-electron chi connectivity index (χ1n) is 29.3. The van der Waals surface area contributed by atoms with Crippen molar-refractivity contribution in [3.63, 3.8) is 0 Å². The predicted octanol–water partition coefficient (Wildman–Crippen LogP) is 21.4. The molecule has 0 fully saturated rings. The number of hydrogen-bond donors (Lipinski definition) is 0. The molecule has 11 aromatic carbocycles. The first-order valence-corrected chi connectivity index (χ1v) is 29.3. The Hall–Kier alpha value is -9.18. The zero-order valence-corrected chi connectivity index (χ0v) is 47.6. The quantitative estimate of drug-likeness (QED) is 0.144. The fourth-order valence-electron chi connectivity index (χ4n) is 15.3. The van der Waals surface area contributed by atoms with Crippen LogP contribution in [0.4, 0.5) is 17.1 Å². The minimum Gasteiger partial charge on any atom is -0.455 e. The van der Waals surface area contributed by atoms with E-state index in [-0.39, 0.29) is 16.2 Å². The molecule has 0 radical (unpaired) electrons. The van der Waals surface area contributed by atoms with Gasteiger partial charge in [0.25, 0.3) is 0 Å². The predicted molar refractivity (Wildman–Crippen MR) is 342 cm³/mol. The van der Waals surface area contributed by atoms with E-state index in [1.165, 1.54) is 105 Å². The van der Waals surface area contributed by atoms with Crippen molar-refractivity contribution in [1.29, 1.82) is 0 Å². The number of benzene rings is 11. The Balaban J connectivity index is 0.897. The number of rotatable bonds is 9. The van der Waals surface area contributed by atoms with Crippen LogP contribution in [0.15, 0.2) is 233 Å². The fourth-order valence-corrected chi connectivity index (χ4v) is 15.3. The summed E-state index contributed by atoms with van der Waals surface area (Å²) in [5.41, 5.74) is 29.5. The van der Waals surface area contributed by atoms with E-state index in [2.05, 4.69) is 278 Å². The molecule has 3 aliphatic rings. The van der Waals surface area contributed by atoms with E-state index in [0.717, 1.165) is 68.7 Å². The molecule has 13 aromatic rings. The summed E-state index contributed by atoms with van der Waals surface area (Å²) >= 11 is 0. The van der Waals surface area contributed by atoms with Crippen LogP contribution >= 0.6 is 0 Å². The summed E-state index contributed by atoms with van der Waals surface area (Å²) in [6, 6.07) is 83.7. The average Bonchev–Trinajstić information content (AvgIpc) is 2.37. The topological polar surface area (TPSA) is 29.5 Å². The van der Waals surface area contributed by atoms with Crippen molar-refractivity contribution in [3.05, 3.63) is 280 Å². The van der Waals surface area contributed by atoms with Crippen molar-refractivity contribution < 1.29 is 8.83 Å². The lowest BCUT2D eigenvalue weighted by Gasteiger charge is -2.32. The van der Waals surface area contributed by atoms with Gasteiger partial charge in [0.05, 0.1) is 0 Å². The molecule has 0 aliphatic heterocycles. The highest BCUT2D eigenvalue weighted by atomic mass is 16.3. The van der Waals surface area contributed by atoms with Gasteiger partial charge in [-0.2, -0.15) is 0 Å². The van der Waals surface area contributed by atoms with E-state index in [4.69, 9.17) is 8.83 Å². The molecule has 82 heavy (non-hydrogen) atoms. The number of nitrogens with zero attached hydrogens (tertiary/aromatic N) is 1. The highest BCUT2D eigenvalue weighted by molar-refractivity contribution is 6.21. The van der Waals surface area contributed by atoms with Gasteiger partial charge in [-0.3, -0.25) is 0 Å². The highest BCUT2D eigenvalue weighted by Gasteiger charge is 2.49. The highest BCUT2D eigenvalue weighted by Crippen LogP contribution is 2.64. The molecule has 16 rings (SSSR count). The van der Waals surface area contributed by atoms with Crippen LogP contribution in [0, 0.1) is 6.92 Å². The molecule has 0 amide bonds. The standard InChI is InChI=1S/C79H63NO2/c1-47-30-32-51(33-31-47)61-46-65-68(70-59-25-15-18-28-66(59)81-75(61)70)57-40-38-54(44-63(57)77(65,2)3)80(53-36-34-50(35-37-53)52(42-48-20-10-8-11-21-48)43-49-22-12-9-13-23-49)55-39-41-58-64(45-55)79(6,7)73-69(58)71-60-26-16-19-29-67(60)82-76(71)72-56-24-14-17-27-62(56)78(4,5)74(72)73/h8-41,44-46,52H,42-43H2,1-7H3. The van der Waals surface area contributed by atoms with E-state index in [1.54, 1.807) is 0 Å². The summed E-state index contributed by atoms with van der Waals surface area (Å²) in [5, 5.41) is 4.72. The van der Waals surface area contributed by atoms with E-state index in [9.17, 15) is 0 Å². The van der Waals surface area contributed by atoms with Crippen LogP contribution in [-0.2, 0) is 29.1 Å². The fraction of sp³-hybridized carbons (Fsp3) is 0.165. The first-order chi connectivity index (χ1) is 39.8. The Morgan fingerprint density at radius 3 is 1.50 bits per heavy atom. The number of anilines is 3. The van der Waals surface area contributed by atoms with Crippen molar-refractivity contribution in [1.82, 2.24) is 0 Å². The summed E-state index contributed by atoms with van der Waals surface area (Å²) in [6.07, 6.45) is 1.91. The largest absolute Gasteiger partial charge is 0.455 e. The zero-order chi connectivity index (χ0) is 55.4. The van der Waals surface area contributed by atoms with Crippen molar-refractivity contribution in [2.45, 2.75) is 83.5 Å². The molecular weight excluding hydrogens is 995 g/mol. The van der Waals surface area contributed by atoms with Crippen LogP contribution in [0.5, 0.6) is 0 Å². The Labute approximate surface area is 480 Å². The molecular formula is C79H63NO2. The summed E-state index contributed by atoms with van der Waals surface area (Å²) < 4.78 is 14.0. The maximum absolute atomic E-state index is 7.06. The third kappa shape index (κ3) is 7.02. The lowest BCUT2D eigenvalue weighted by atomic mass is 9.72. The van der Waals surface area contributed by atoms with Gasteiger partial charge < -0.3 is 13.7 Å². The molecule has 0 bridgehead atoms. The minimum atomic E-state index is -0.357. The van der Waals surface area contributed by atoms with Crippen LogP contribution in [0.25, 0.3) is 88.4 Å². The lowest BCUT2D eigenvalue weighted by molar-refractivity contribution is 0.600. The van der Waals surface area contributed by atoms with Gasteiger partial charge in [-0.05, 0) is 164 Å².